The Morgan fingerprint density at radius 3 is 2.85 bits per heavy atom. The maximum Gasteiger partial charge on any atom is 0.220 e. The largest absolute Gasteiger partial charge is 0.486 e. The molecule has 138 valence electrons. The van der Waals surface area contributed by atoms with Crippen molar-refractivity contribution in [2.24, 2.45) is 0 Å². The number of aliphatic hydroxyl groups is 1. The number of rotatable bonds is 7. The Morgan fingerprint density at radius 2 is 2.12 bits per heavy atom. The smallest absolute Gasteiger partial charge is 0.220 e. The van der Waals surface area contributed by atoms with Crippen molar-refractivity contribution >= 4 is 5.91 Å². The van der Waals surface area contributed by atoms with Crippen molar-refractivity contribution in [2.75, 3.05) is 13.2 Å². The number of carbonyl (C=O) groups excluding carboxylic acids is 1. The van der Waals surface area contributed by atoms with Gasteiger partial charge in [0.15, 0.2) is 0 Å². The van der Waals surface area contributed by atoms with E-state index in [1.165, 1.54) is 0 Å². The number of ether oxygens (including phenoxy) is 2. The van der Waals surface area contributed by atoms with E-state index in [1.54, 1.807) is 6.20 Å². The molecule has 1 aliphatic heterocycles. The van der Waals surface area contributed by atoms with Crippen LogP contribution in [0.3, 0.4) is 0 Å². The zero-order chi connectivity index (χ0) is 18.2. The summed E-state index contributed by atoms with van der Waals surface area (Å²) in [6, 6.07) is 12.9. The van der Waals surface area contributed by atoms with Gasteiger partial charge in [-0.15, -0.1) is 0 Å². The van der Waals surface area contributed by atoms with Crippen LogP contribution in [-0.4, -0.2) is 41.4 Å². The first-order valence-corrected chi connectivity index (χ1v) is 8.88. The first kappa shape index (κ1) is 18.4. The van der Waals surface area contributed by atoms with E-state index in [1.807, 2.05) is 42.5 Å². The van der Waals surface area contributed by atoms with Crippen LogP contribution in [0.15, 0.2) is 48.7 Å². The van der Waals surface area contributed by atoms with E-state index in [9.17, 15) is 4.79 Å². The molecule has 0 bridgehead atoms. The number of carbonyl (C=O) groups is 1. The Kier molecular flexibility index (Phi) is 6.57. The molecule has 1 fully saturated rings. The van der Waals surface area contributed by atoms with Crippen LogP contribution in [-0.2, 0) is 22.6 Å². The number of benzene rings is 1. The standard InChI is InChI=1S/C20H24N2O4/c23-13-15-4-7-17(8-5-15)26-19-14-25-12-10-18(19)22-20(24)9-6-16-3-1-2-11-21-16/h1-5,7-8,11,18-19,23H,6,9-10,12-14H2,(H,22,24)/t18-,19-/m1/s1. The molecule has 1 aromatic heterocycles. The molecule has 2 aromatic rings. The van der Waals surface area contributed by atoms with Gasteiger partial charge in [-0.2, -0.15) is 0 Å². The van der Waals surface area contributed by atoms with Gasteiger partial charge in [-0.25, -0.2) is 0 Å². The zero-order valence-electron chi connectivity index (χ0n) is 14.6. The number of aromatic nitrogens is 1. The van der Waals surface area contributed by atoms with Crippen LogP contribution in [0, 0.1) is 0 Å². The molecule has 0 aliphatic carbocycles. The summed E-state index contributed by atoms with van der Waals surface area (Å²) in [4.78, 5) is 16.5. The molecule has 2 heterocycles. The molecule has 2 atom stereocenters. The molecule has 1 saturated heterocycles. The van der Waals surface area contributed by atoms with Crippen molar-refractivity contribution in [2.45, 2.75) is 38.0 Å². The lowest BCUT2D eigenvalue weighted by Crippen LogP contribution is -2.51. The summed E-state index contributed by atoms with van der Waals surface area (Å²) in [5.74, 6) is 0.692. The maximum absolute atomic E-state index is 12.3. The van der Waals surface area contributed by atoms with Crippen LogP contribution < -0.4 is 10.1 Å². The Hall–Kier alpha value is -2.44. The molecule has 2 N–H and O–H groups in total. The molecule has 6 nitrogen and oxygen atoms in total. The average molecular weight is 356 g/mol. The third kappa shape index (κ3) is 5.28. The molecule has 6 heteroatoms. The number of hydrogen-bond donors (Lipinski definition) is 2. The Balaban J connectivity index is 1.53. The highest BCUT2D eigenvalue weighted by atomic mass is 16.5. The third-order valence-corrected chi connectivity index (χ3v) is 4.38. The van der Waals surface area contributed by atoms with Crippen molar-refractivity contribution in [3.05, 3.63) is 59.9 Å². The minimum absolute atomic E-state index is 0.00176. The third-order valence-electron chi connectivity index (χ3n) is 4.38. The van der Waals surface area contributed by atoms with Gasteiger partial charge >= 0.3 is 0 Å². The molecule has 26 heavy (non-hydrogen) atoms. The molecule has 0 saturated carbocycles. The highest BCUT2D eigenvalue weighted by molar-refractivity contribution is 5.76. The summed E-state index contributed by atoms with van der Waals surface area (Å²) in [5.41, 5.74) is 1.74. The summed E-state index contributed by atoms with van der Waals surface area (Å²) in [6.45, 7) is 1.04. The molecule has 1 amide bonds. The average Bonchev–Trinajstić information content (AvgIpc) is 2.69. The van der Waals surface area contributed by atoms with Crippen molar-refractivity contribution in [1.82, 2.24) is 10.3 Å². The van der Waals surface area contributed by atoms with E-state index in [0.717, 1.165) is 11.3 Å². The van der Waals surface area contributed by atoms with E-state index < -0.39 is 0 Å². The summed E-state index contributed by atoms with van der Waals surface area (Å²) >= 11 is 0. The predicted molar refractivity (Wildman–Crippen MR) is 96.7 cm³/mol. The lowest BCUT2D eigenvalue weighted by molar-refractivity contribution is -0.123. The normalized spacial score (nSPS) is 19.7. The second-order valence-corrected chi connectivity index (χ2v) is 6.32. The van der Waals surface area contributed by atoms with E-state index in [0.29, 0.717) is 38.2 Å². The van der Waals surface area contributed by atoms with Gasteiger partial charge < -0.3 is 19.9 Å². The van der Waals surface area contributed by atoms with Gasteiger partial charge in [-0.05, 0) is 42.7 Å². The second kappa shape index (κ2) is 9.31. The molecule has 1 aromatic carbocycles. The van der Waals surface area contributed by atoms with Gasteiger partial charge in [0.05, 0.1) is 19.3 Å². The monoisotopic (exact) mass is 356 g/mol. The van der Waals surface area contributed by atoms with Crippen LogP contribution in [0.4, 0.5) is 0 Å². The fourth-order valence-corrected chi connectivity index (χ4v) is 2.91. The highest BCUT2D eigenvalue weighted by Gasteiger charge is 2.28. The molecule has 0 spiro atoms. The SMILES string of the molecule is O=C(CCc1ccccn1)N[C@@H]1CCOC[C@H]1Oc1ccc(CO)cc1. The molecular weight excluding hydrogens is 332 g/mol. The van der Waals surface area contributed by atoms with Crippen molar-refractivity contribution in [3.8, 4) is 5.75 Å². The molecule has 1 aliphatic rings. The quantitative estimate of drug-likeness (QED) is 0.791. The second-order valence-electron chi connectivity index (χ2n) is 6.32. The van der Waals surface area contributed by atoms with Crippen molar-refractivity contribution in [1.29, 1.82) is 0 Å². The van der Waals surface area contributed by atoms with E-state index in [4.69, 9.17) is 14.6 Å². The maximum atomic E-state index is 12.3. The fourth-order valence-electron chi connectivity index (χ4n) is 2.91. The number of aryl methyl sites for hydroxylation is 1. The van der Waals surface area contributed by atoms with Crippen LogP contribution in [0.2, 0.25) is 0 Å². The van der Waals surface area contributed by atoms with Crippen molar-refractivity contribution < 1.29 is 19.4 Å². The van der Waals surface area contributed by atoms with Crippen LogP contribution in [0.1, 0.15) is 24.1 Å². The van der Waals surface area contributed by atoms with E-state index in [2.05, 4.69) is 10.3 Å². The highest BCUT2D eigenvalue weighted by Crippen LogP contribution is 2.19. The van der Waals surface area contributed by atoms with E-state index in [-0.39, 0.29) is 24.7 Å². The lowest BCUT2D eigenvalue weighted by atomic mass is 10.1. The van der Waals surface area contributed by atoms with Gasteiger partial charge in [0.25, 0.3) is 0 Å². The van der Waals surface area contributed by atoms with Gasteiger partial charge in [0.2, 0.25) is 5.91 Å². The summed E-state index contributed by atoms with van der Waals surface area (Å²) in [7, 11) is 0. The number of aliphatic hydroxyl groups excluding tert-OH is 1. The number of pyridine rings is 1. The fraction of sp³-hybridized carbons (Fsp3) is 0.400. The predicted octanol–water partition coefficient (Wildman–Crippen LogP) is 1.86. The van der Waals surface area contributed by atoms with Crippen LogP contribution in [0.5, 0.6) is 5.75 Å². The minimum Gasteiger partial charge on any atom is -0.486 e. The van der Waals surface area contributed by atoms with Gasteiger partial charge in [-0.1, -0.05) is 18.2 Å². The number of amides is 1. The lowest BCUT2D eigenvalue weighted by Gasteiger charge is -2.32. The minimum atomic E-state index is -0.234. The molecule has 3 rings (SSSR count). The summed E-state index contributed by atoms with van der Waals surface area (Å²) in [5, 5.41) is 12.2. The first-order valence-electron chi connectivity index (χ1n) is 8.88. The number of nitrogens with one attached hydrogen (secondary N) is 1. The Labute approximate surface area is 153 Å². The van der Waals surface area contributed by atoms with Crippen LogP contribution in [0.25, 0.3) is 0 Å². The first-order chi connectivity index (χ1) is 12.7. The summed E-state index contributed by atoms with van der Waals surface area (Å²) in [6.07, 6.45) is 3.23. The summed E-state index contributed by atoms with van der Waals surface area (Å²) < 4.78 is 11.5. The molecule has 0 radical (unpaired) electrons. The molecule has 0 unspecified atom stereocenters. The topological polar surface area (TPSA) is 80.7 Å². The van der Waals surface area contributed by atoms with Gasteiger partial charge in [0, 0.05) is 24.9 Å². The van der Waals surface area contributed by atoms with Gasteiger partial charge in [0.1, 0.15) is 11.9 Å². The zero-order valence-corrected chi connectivity index (χ0v) is 14.6. The number of hydrogen-bond acceptors (Lipinski definition) is 5. The van der Waals surface area contributed by atoms with Crippen molar-refractivity contribution in [3.63, 3.8) is 0 Å². The molecular formula is C20H24N2O4. The van der Waals surface area contributed by atoms with E-state index >= 15 is 0 Å². The van der Waals surface area contributed by atoms with Crippen LogP contribution >= 0.6 is 0 Å². The Bertz CT molecular complexity index is 691. The number of nitrogens with zero attached hydrogens (tertiary/aromatic N) is 1. The van der Waals surface area contributed by atoms with Gasteiger partial charge in [-0.3, -0.25) is 9.78 Å². The Morgan fingerprint density at radius 1 is 1.27 bits per heavy atom.